The minimum atomic E-state index is 0.456. The van der Waals surface area contributed by atoms with Gasteiger partial charge in [-0.3, -0.25) is 0 Å². The van der Waals surface area contributed by atoms with Crippen LogP contribution in [0, 0.1) is 26.7 Å². The molecule has 4 rings (SSSR count). The molecule has 1 N–H and O–H groups in total. The van der Waals surface area contributed by atoms with E-state index in [0.717, 1.165) is 34.3 Å². The summed E-state index contributed by atoms with van der Waals surface area (Å²) in [4.78, 5) is 9.31. The van der Waals surface area contributed by atoms with E-state index in [9.17, 15) is 0 Å². The zero-order chi connectivity index (χ0) is 19.0. The number of nitrogens with zero attached hydrogens (tertiary/aromatic N) is 3. The Morgan fingerprint density at radius 3 is 2.70 bits per heavy atom. The Hall–Kier alpha value is -2.43. The first-order valence-electron chi connectivity index (χ1n) is 10.0. The number of anilines is 1. The second-order valence-electron chi connectivity index (χ2n) is 7.88. The van der Waals surface area contributed by atoms with Crippen molar-refractivity contribution >= 4 is 16.9 Å². The van der Waals surface area contributed by atoms with Crippen LogP contribution >= 0.6 is 0 Å². The molecule has 2 aromatic heterocycles. The minimum absolute atomic E-state index is 0.456. The highest BCUT2D eigenvalue weighted by Crippen LogP contribution is 2.38. The topological polar surface area (TPSA) is 63.8 Å². The molecule has 142 valence electrons. The molecule has 27 heavy (non-hydrogen) atoms. The molecule has 1 saturated carbocycles. The number of nitrogens with one attached hydrogen (secondary N) is 1. The van der Waals surface area contributed by atoms with Crippen LogP contribution in [0.1, 0.15) is 56.0 Å². The number of unbranched alkanes of at least 4 members (excludes halogenated alkanes) is 1. The first-order valence-corrected chi connectivity index (χ1v) is 10.0. The summed E-state index contributed by atoms with van der Waals surface area (Å²) in [5.74, 6) is 2.28. The van der Waals surface area contributed by atoms with Gasteiger partial charge in [0.05, 0.1) is 0 Å². The Morgan fingerprint density at radius 1 is 1.19 bits per heavy atom. The molecule has 1 fully saturated rings. The third-order valence-electron chi connectivity index (χ3n) is 5.45. The quantitative estimate of drug-likeness (QED) is 0.592. The molecular weight excluding hydrogens is 336 g/mol. The largest absolute Gasteiger partial charge is 0.364 e. The predicted octanol–water partition coefficient (Wildman–Crippen LogP) is 5.59. The van der Waals surface area contributed by atoms with Crippen LogP contribution in [-0.2, 0) is 0 Å². The van der Waals surface area contributed by atoms with Crippen LogP contribution in [-0.4, -0.2) is 21.2 Å². The Bertz CT molecular complexity index is 958. The first-order chi connectivity index (χ1) is 13.1. The molecule has 5 heteroatoms. The highest BCUT2D eigenvalue weighted by atomic mass is 16.5. The number of hydrogen-bond donors (Lipinski definition) is 1. The molecule has 3 aromatic rings. The highest BCUT2D eigenvalue weighted by molar-refractivity contribution is 5.94. The van der Waals surface area contributed by atoms with E-state index in [-0.39, 0.29) is 0 Å². The van der Waals surface area contributed by atoms with Crippen molar-refractivity contribution in [3.63, 3.8) is 0 Å². The number of rotatable bonds is 7. The normalized spacial score (nSPS) is 15.3. The maximum Gasteiger partial charge on any atom is 0.228 e. The van der Waals surface area contributed by atoms with Crippen LogP contribution in [0.5, 0.6) is 0 Å². The summed E-state index contributed by atoms with van der Waals surface area (Å²) in [5, 5.41) is 8.03. The number of hydrogen-bond acceptors (Lipinski definition) is 5. The van der Waals surface area contributed by atoms with E-state index in [1.807, 2.05) is 6.92 Å². The van der Waals surface area contributed by atoms with E-state index >= 15 is 0 Å². The predicted molar refractivity (Wildman–Crippen MR) is 109 cm³/mol. The van der Waals surface area contributed by atoms with Crippen molar-refractivity contribution in [2.24, 2.45) is 5.92 Å². The fourth-order valence-electron chi connectivity index (χ4n) is 3.82. The van der Waals surface area contributed by atoms with Crippen molar-refractivity contribution in [2.45, 2.75) is 65.8 Å². The lowest BCUT2D eigenvalue weighted by Gasteiger charge is -2.18. The second kappa shape index (κ2) is 7.29. The average Bonchev–Trinajstić information content (AvgIpc) is 3.39. The van der Waals surface area contributed by atoms with Gasteiger partial charge in [-0.25, -0.2) is 9.97 Å². The Morgan fingerprint density at radius 2 is 2.00 bits per heavy atom. The average molecular weight is 364 g/mol. The van der Waals surface area contributed by atoms with Gasteiger partial charge in [-0.15, -0.1) is 0 Å². The molecule has 0 spiro atoms. The number of fused-ring (bicyclic) bond motifs is 1. The van der Waals surface area contributed by atoms with Gasteiger partial charge in [0.15, 0.2) is 5.82 Å². The van der Waals surface area contributed by atoms with Gasteiger partial charge in [-0.1, -0.05) is 48.7 Å². The van der Waals surface area contributed by atoms with E-state index in [1.165, 1.54) is 43.2 Å². The molecule has 2 heterocycles. The molecule has 1 aliphatic rings. The van der Waals surface area contributed by atoms with Crippen molar-refractivity contribution < 1.29 is 4.52 Å². The van der Waals surface area contributed by atoms with Crippen LogP contribution in [0.15, 0.2) is 22.7 Å². The van der Waals surface area contributed by atoms with Gasteiger partial charge in [-0.2, -0.15) is 0 Å². The maximum atomic E-state index is 5.74. The minimum Gasteiger partial charge on any atom is -0.364 e. The Balaban J connectivity index is 1.73. The van der Waals surface area contributed by atoms with E-state index in [4.69, 9.17) is 4.52 Å². The van der Waals surface area contributed by atoms with E-state index < -0.39 is 0 Å². The smallest absolute Gasteiger partial charge is 0.228 e. The van der Waals surface area contributed by atoms with E-state index in [0.29, 0.717) is 11.6 Å². The molecular formula is C22H28N4O. The molecule has 0 radical (unpaired) electrons. The molecule has 1 aromatic carbocycles. The fourth-order valence-corrected chi connectivity index (χ4v) is 3.82. The molecule has 0 saturated heterocycles. The Labute approximate surface area is 160 Å². The lowest BCUT2D eigenvalue weighted by molar-refractivity contribution is 0.458. The third-order valence-corrected chi connectivity index (χ3v) is 5.45. The van der Waals surface area contributed by atoms with Gasteiger partial charge < -0.3 is 9.84 Å². The second-order valence-corrected chi connectivity index (χ2v) is 7.88. The molecule has 1 aliphatic carbocycles. The molecule has 5 nitrogen and oxygen atoms in total. The van der Waals surface area contributed by atoms with Gasteiger partial charge in [-0.05, 0) is 51.5 Å². The van der Waals surface area contributed by atoms with Crippen LogP contribution in [0.3, 0.4) is 0 Å². The van der Waals surface area contributed by atoms with Gasteiger partial charge in [0.2, 0.25) is 5.58 Å². The van der Waals surface area contributed by atoms with E-state index in [1.54, 1.807) is 0 Å². The van der Waals surface area contributed by atoms with Gasteiger partial charge >= 0.3 is 0 Å². The zero-order valence-corrected chi connectivity index (χ0v) is 16.7. The van der Waals surface area contributed by atoms with Crippen LogP contribution in [0.4, 0.5) is 5.82 Å². The lowest BCUT2D eigenvalue weighted by Crippen LogP contribution is -2.22. The maximum absolute atomic E-state index is 5.74. The van der Waals surface area contributed by atoms with Gasteiger partial charge in [0.1, 0.15) is 17.0 Å². The van der Waals surface area contributed by atoms with Crippen LogP contribution in [0.2, 0.25) is 0 Å². The van der Waals surface area contributed by atoms with Crippen molar-refractivity contribution in [3.8, 4) is 11.3 Å². The van der Waals surface area contributed by atoms with Crippen molar-refractivity contribution in [1.29, 1.82) is 0 Å². The monoisotopic (exact) mass is 364 g/mol. The lowest BCUT2D eigenvalue weighted by atomic mass is 10.0. The van der Waals surface area contributed by atoms with Crippen molar-refractivity contribution in [3.05, 3.63) is 35.2 Å². The van der Waals surface area contributed by atoms with Crippen LogP contribution < -0.4 is 5.32 Å². The standard InChI is InChI=1S/C22H28N4O/c1-5-6-7-18(16-9-10-16)25-22-21-20(23-15(4)24-22)19(26-27-21)17-11-8-13(2)12-14(17)3/h8,11-12,16,18H,5-7,9-10H2,1-4H3,(H,23,24,25). The molecule has 1 atom stereocenters. The van der Waals surface area contributed by atoms with E-state index in [2.05, 4.69) is 59.4 Å². The fraction of sp³-hybridized carbons (Fsp3) is 0.500. The summed E-state index contributed by atoms with van der Waals surface area (Å²) in [6, 6.07) is 6.82. The molecule has 0 aliphatic heterocycles. The summed E-state index contributed by atoms with van der Waals surface area (Å²) in [5.41, 5.74) is 5.73. The highest BCUT2D eigenvalue weighted by Gasteiger charge is 2.32. The van der Waals surface area contributed by atoms with Crippen LogP contribution in [0.25, 0.3) is 22.4 Å². The summed E-state index contributed by atoms with van der Waals surface area (Å²) in [7, 11) is 0. The summed E-state index contributed by atoms with van der Waals surface area (Å²) in [6.45, 7) is 8.37. The third kappa shape index (κ3) is 3.68. The van der Waals surface area contributed by atoms with Gasteiger partial charge in [0.25, 0.3) is 0 Å². The summed E-state index contributed by atoms with van der Waals surface area (Å²) < 4.78 is 5.74. The Kier molecular flexibility index (Phi) is 4.85. The SMILES string of the molecule is CCCCC(Nc1nc(C)nc2c(-c3ccc(C)cc3C)noc12)C1CC1. The zero-order valence-electron chi connectivity index (χ0n) is 16.7. The number of benzene rings is 1. The number of aryl methyl sites for hydroxylation is 3. The summed E-state index contributed by atoms with van der Waals surface area (Å²) in [6.07, 6.45) is 6.22. The van der Waals surface area contributed by atoms with Gasteiger partial charge in [0, 0.05) is 11.6 Å². The summed E-state index contributed by atoms with van der Waals surface area (Å²) >= 11 is 0. The van der Waals surface area contributed by atoms with Crippen molar-refractivity contribution in [2.75, 3.05) is 5.32 Å². The number of aromatic nitrogens is 3. The molecule has 0 amide bonds. The van der Waals surface area contributed by atoms with Crippen molar-refractivity contribution in [1.82, 2.24) is 15.1 Å². The molecule has 1 unspecified atom stereocenters. The molecule has 0 bridgehead atoms. The first kappa shape index (κ1) is 18.0.